The molecule has 8 heterocycles. The molecule has 8 aromatic heterocycles. The third kappa shape index (κ3) is 13.6. The Hall–Kier alpha value is -12.5. The third-order valence-electron chi connectivity index (χ3n) is 22.6. The van der Waals surface area contributed by atoms with Crippen molar-refractivity contribution in [3.8, 4) is 45.0 Å². The highest BCUT2D eigenvalue weighted by Gasteiger charge is 2.30. The molecular formula is C100H100N8O4+4. The summed E-state index contributed by atoms with van der Waals surface area (Å²) in [4.78, 5) is 14.7. The predicted octanol–water partition coefficient (Wildman–Crippen LogP) is 26.7. The summed E-state index contributed by atoms with van der Waals surface area (Å²) in [5.74, 6) is -2.79. The van der Waals surface area contributed by atoms with E-state index in [1.54, 1.807) is 6.07 Å². The summed E-state index contributed by atoms with van der Waals surface area (Å²) < 4.78 is 68.1. The van der Waals surface area contributed by atoms with Crippen LogP contribution in [0.25, 0.3) is 152 Å². The molecule has 0 aliphatic heterocycles. The molecule has 16 aromatic rings. The molecule has 0 aliphatic rings. The number of nitrogens with zero attached hydrogens (tertiary/aromatic N) is 8. The van der Waals surface area contributed by atoms with Crippen molar-refractivity contribution >= 4 is 111 Å². The number of rotatable bonds is 8. The van der Waals surface area contributed by atoms with Crippen molar-refractivity contribution in [1.29, 1.82) is 0 Å². The third-order valence-corrected chi connectivity index (χ3v) is 22.6. The molecule has 0 bridgehead atoms. The fourth-order valence-corrected chi connectivity index (χ4v) is 15.7. The summed E-state index contributed by atoms with van der Waals surface area (Å²) in [6.07, 6.45) is 0. The van der Waals surface area contributed by atoms with E-state index in [9.17, 15) is 0 Å². The highest BCUT2D eigenvalue weighted by molar-refractivity contribution is 6.17. The maximum absolute atomic E-state index is 8.52. The number of aryl methyl sites for hydroxylation is 12. The average molecular weight is 1480 g/mol. The molecular weight excluding hydrogens is 1380 g/mol. The van der Waals surface area contributed by atoms with Gasteiger partial charge in [0.1, 0.15) is 72.9 Å². The molecule has 0 fully saturated rings. The molecule has 0 radical (unpaired) electrons. The second-order valence-electron chi connectivity index (χ2n) is 31.2. The monoisotopic (exact) mass is 1480 g/mol. The molecule has 0 saturated carbocycles. The van der Waals surface area contributed by atoms with Crippen molar-refractivity contribution in [2.75, 3.05) is 0 Å². The van der Waals surface area contributed by atoms with Gasteiger partial charge < -0.3 is 17.7 Å². The van der Waals surface area contributed by atoms with Crippen LogP contribution in [0.4, 0.5) is 22.7 Å². The van der Waals surface area contributed by atoms with Gasteiger partial charge in [0.15, 0.2) is 22.8 Å². The normalized spacial score (nSPS) is 12.4. The zero-order valence-corrected chi connectivity index (χ0v) is 69.1. The van der Waals surface area contributed by atoms with Crippen molar-refractivity contribution in [2.45, 2.75) is 162 Å². The van der Waals surface area contributed by atoms with Crippen LogP contribution in [0.5, 0.6) is 0 Å². The Morgan fingerprint density at radius 3 is 1.06 bits per heavy atom. The van der Waals surface area contributed by atoms with E-state index in [0.717, 1.165) is 200 Å². The van der Waals surface area contributed by atoms with E-state index in [1.165, 1.54) is 0 Å². The number of hydrogen-bond acceptors (Lipinski definition) is 4. The number of aromatic nitrogens is 4. The molecule has 12 nitrogen and oxygen atoms in total. The van der Waals surface area contributed by atoms with Gasteiger partial charge in [0.05, 0.1) is 48.5 Å². The molecule has 112 heavy (non-hydrogen) atoms. The molecule has 8 aromatic carbocycles. The van der Waals surface area contributed by atoms with Crippen LogP contribution in [0.15, 0.2) is 163 Å². The van der Waals surface area contributed by atoms with E-state index < -0.39 is 23.6 Å². The minimum Gasteiger partial charge on any atom is -0.466 e. The number of benzene rings is 8. The summed E-state index contributed by atoms with van der Waals surface area (Å²) in [7, 11) is 8.17. The molecule has 560 valence electrons. The Kier molecular flexibility index (Phi) is 19.7. The number of pyridine rings is 4. The molecule has 0 amide bonds. The summed E-state index contributed by atoms with van der Waals surface area (Å²) in [6.45, 7) is 70.1. The molecule has 0 aliphatic carbocycles. The fourth-order valence-electron chi connectivity index (χ4n) is 15.7. The molecule has 0 N–H and O–H groups in total. The lowest BCUT2D eigenvalue weighted by Gasteiger charge is -2.12. The standard InChI is InChI=1S/4C25H25N2O/c1-14(2)18-12-17(5)27(7)21(13-18)23-16(4)8-10-19-22-15(3)9-11-20(26-6)25(22)28-24(19)23;1-14(2)18-12-17(5)27(7)21(13-18)22-15(3)8-10-19-20-11-9-16(4)23(26-6)25(20)28-24(19)22;1-14(2)18-12-17(5)27(7)22(13-18)23-16(4)8-9-19-20-10-15(3)11-21(26-6)24(20)28-25(19)23;1-14(2)18-12-17(5)27(7)21(13-18)23-16(4)11-15(3)22-19-9-8-10-20(26-6)24(19)28-25(22)23/h4*8-14H,1-5,7H3/q4*+1/i4*14D. The molecule has 0 unspecified atom stereocenters. The van der Waals surface area contributed by atoms with Gasteiger partial charge in [0.25, 0.3) is 0 Å². The van der Waals surface area contributed by atoms with Gasteiger partial charge in [0, 0.05) is 125 Å². The van der Waals surface area contributed by atoms with Crippen molar-refractivity contribution in [2.24, 2.45) is 28.2 Å². The molecule has 0 atom stereocenters. The minimum atomic E-state index is -0.698. The lowest BCUT2D eigenvalue weighted by Crippen LogP contribution is -2.35. The smallest absolute Gasteiger partial charge is 0.232 e. The molecule has 0 spiro atoms. The van der Waals surface area contributed by atoms with Crippen molar-refractivity contribution in [3.63, 3.8) is 0 Å². The summed E-state index contributed by atoms with van der Waals surface area (Å²) in [5.41, 5.74) is 33.0. The number of para-hydroxylation sites is 1. The van der Waals surface area contributed by atoms with Gasteiger partial charge in [0.2, 0.25) is 45.5 Å². The highest BCUT2D eigenvalue weighted by Crippen LogP contribution is 2.47. The van der Waals surface area contributed by atoms with E-state index in [0.29, 0.717) is 45.1 Å². The van der Waals surface area contributed by atoms with Crippen LogP contribution in [0, 0.1) is 109 Å². The predicted molar refractivity (Wildman–Crippen MR) is 460 cm³/mol. The van der Waals surface area contributed by atoms with Crippen LogP contribution in [0.3, 0.4) is 0 Å². The number of hydrogen-bond donors (Lipinski definition) is 0. The van der Waals surface area contributed by atoms with Gasteiger partial charge in [-0.15, -0.1) is 0 Å². The Balaban J connectivity index is 0.000000135. The van der Waals surface area contributed by atoms with Crippen molar-refractivity contribution in [3.05, 3.63) is 281 Å². The van der Waals surface area contributed by atoms with E-state index in [-0.39, 0.29) is 0 Å². The van der Waals surface area contributed by atoms with E-state index in [4.69, 9.17) is 49.4 Å². The quantitative estimate of drug-likeness (QED) is 0.112. The first-order valence-electron chi connectivity index (χ1n) is 39.9. The van der Waals surface area contributed by atoms with E-state index in [2.05, 4.69) is 204 Å². The molecule has 0 saturated heterocycles. The van der Waals surface area contributed by atoms with Crippen LogP contribution < -0.4 is 18.3 Å². The van der Waals surface area contributed by atoms with Crippen LogP contribution in [-0.4, -0.2) is 0 Å². The Bertz CT molecular complexity index is 6920. The topological polar surface area (TPSA) is 85.5 Å². The average Bonchev–Trinajstić information content (AvgIpc) is 1.59. The lowest BCUT2D eigenvalue weighted by atomic mass is 9.94. The first-order valence-corrected chi connectivity index (χ1v) is 37.9. The number of fused-ring (bicyclic) bond motifs is 12. The van der Waals surface area contributed by atoms with Gasteiger partial charge in [-0.1, -0.05) is 152 Å². The van der Waals surface area contributed by atoms with Crippen LogP contribution in [0.2, 0.25) is 0 Å². The Labute approximate surface area is 664 Å². The first-order chi connectivity index (χ1) is 54.5. The highest BCUT2D eigenvalue weighted by atomic mass is 16.3. The van der Waals surface area contributed by atoms with Crippen LogP contribution in [0.1, 0.15) is 174 Å². The lowest BCUT2D eigenvalue weighted by molar-refractivity contribution is -0.666. The fraction of sp³-hybridized carbons (Fsp3) is 0.280. The summed E-state index contributed by atoms with van der Waals surface area (Å²) in [5, 5.41) is 8.03. The number of furan rings is 4. The second kappa shape index (κ2) is 30.4. The van der Waals surface area contributed by atoms with Gasteiger partial charge in [-0.25, -0.2) is 19.4 Å². The summed E-state index contributed by atoms with van der Waals surface area (Å²) >= 11 is 0. The van der Waals surface area contributed by atoms with Gasteiger partial charge in [-0.2, -0.15) is 18.3 Å². The Morgan fingerprint density at radius 1 is 0.286 bits per heavy atom. The molecule has 12 heteroatoms. The van der Waals surface area contributed by atoms with Crippen molar-refractivity contribution in [1.82, 2.24) is 0 Å². The maximum atomic E-state index is 8.52. The van der Waals surface area contributed by atoms with Crippen LogP contribution >= 0.6 is 0 Å². The van der Waals surface area contributed by atoms with E-state index >= 15 is 0 Å². The van der Waals surface area contributed by atoms with Gasteiger partial charge in [-0.05, 0) is 146 Å². The Morgan fingerprint density at radius 2 is 0.625 bits per heavy atom. The SMILES string of the molecule is [2H]C(C)(C)c1cc(C)[n+](C)c(-c2c(C)cc(C)c3c2oc2c([N+]#[C-])cccc23)c1.[2H]C(C)(C)c1cc(C)[n+](C)c(-c2c(C)ccc3c2oc2c([N+]#[C-])c(C)ccc23)c1.[2H]C(C)(C)c1cc(C)[n+](C)c(-c2c(C)ccc3c2oc2c([N+]#[C-])cc(C)cc23)c1.[2H]C(C)(C)c1cc(C)[n+](C)c(-c2c(C)ccc3c2oc2c([N+]#[C-])ccc(C)c23)c1. The van der Waals surface area contributed by atoms with Gasteiger partial charge in [-0.3, -0.25) is 0 Å². The zero-order chi connectivity index (χ0) is 84.3. The summed E-state index contributed by atoms with van der Waals surface area (Å²) in [6, 6.07) is 49.0. The first kappa shape index (κ1) is 72.4. The minimum absolute atomic E-state index is 0.531. The van der Waals surface area contributed by atoms with E-state index in [1.807, 2.05) is 140 Å². The van der Waals surface area contributed by atoms with Gasteiger partial charge >= 0.3 is 0 Å². The maximum Gasteiger partial charge on any atom is 0.232 e. The second-order valence-corrected chi connectivity index (χ2v) is 31.2. The zero-order valence-electron chi connectivity index (χ0n) is 73.1. The van der Waals surface area contributed by atoms with Crippen molar-refractivity contribution < 1.29 is 41.4 Å². The van der Waals surface area contributed by atoms with Crippen LogP contribution in [-0.2, 0) is 28.2 Å². The largest absolute Gasteiger partial charge is 0.466 e. The molecule has 16 rings (SSSR count).